The Morgan fingerprint density at radius 1 is 1.18 bits per heavy atom. The maximum absolute atomic E-state index is 3.62. The van der Waals surface area contributed by atoms with Gasteiger partial charge in [0.15, 0.2) is 0 Å². The van der Waals surface area contributed by atoms with Crippen molar-refractivity contribution in [3.8, 4) is 0 Å². The average Bonchev–Trinajstić information content (AvgIpc) is 2.39. The molecule has 0 amide bonds. The van der Waals surface area contributed by atoms with E-state index < -0.39 is 0 Å². The minimum Gasteiger partial charge on any atom is -0.308 e. The summed E-state index contributed by atoms with van der Waals surface area (Å²) in [5.41, 5.74) is 1.41. The summed E-state index contributed by atoms with van der Waals surface area (Å²) in [4.78, 5) is 2.61. The van der Waals surface area contributed by atoms with Crippen LogP contribution in [0.15, 0.2) is 30.3 Å². The highest BCUT2D eigenvalue weighted by Gasteiger charge is 2.25. The van der Waals surface area contributed by atoms with Crippen LogP contribution in [0.4, 0.5) is 0 Å². The van der Waals surface area contributed by atoms with Crippen LogP contribution in [0.3, 0.4) is 0 Å². The number of rotatable bonds is 3. The summed E-state index contributed by atoms with van der Waals surface area (Å²) in [6, 6.07) is 11.9. The van der Waals surface area contributed by atoms with Crippen molar-refractivity contribution in [1.29, 1.82) is 0 Å². The van der Waals surface area contributed by atoms with Crippen LogP contribution in [0.5, 0.6) is 0 Å². The van der Waals surface area contributed by atoms with Gasteiger partial charge in [-0.2, -0.15) is 0 Å². The highest BCUT2D eigenvalue weighted by molar-refractivity contribution is 5.19. The van der Waals surface area contributed by atoms with Crippen molar-refractivity contribution in [1.82, 2.24) is 10.2 Å². The molecule has 1 aliphatic rings. The summed E-state index contributed by atoms with van der Waals surface area (Å²) in [5.74, 6) is 0.726. The van der Waals surface area contributed by atoms with Gasteiger partial charge in [-0.25, -0.2) is 0 Å². The second-order valence-electron chi connectivity index (χ2n) is 5.40. The number of benzene rings is 1. The predicted octanol–water partition coefficient (Wildman–Crippen LogP) is 2.68. The first-order valence-electron chi connectivity index (χ1n) is 6.71. The molecule has 2 heteroatoms. The highest BCUT2D eigenvalue weighted by atomic mass is 15.2. The van der Waals surface area contributed by atoms with Crippen molar-refractivity contribution < 1.29 is 0 Å². The van der Waals surface area contributed by atoms with Crippen LogP contribution >= 0.6 is 0 Å². The molecule has 0 bridgehead atoms. The largest absolute Gasteiger partial charge is 0.308 e. The zero-order valence-electron chi connectivity index (χ0n) is 11.2. The van der Waals surface area contributed by atoms with E-state index in [2.05, 4.69) is 61.3 Å². The molecule has 2 atom stereocenters. The first kappa shape index (κ1) is 12.6. The Morgan fingerprint density at radius 3 is 2.53 bits per heavy atom. The van der Waals surface area contributed by atoms with Crippen LogP contribution in [0.25, 0.3) is 0 Å². The van der Waals surface area contributed by atoms with Crippen molar-refractivity contribution in [3.05, 3.63) is 35.9 Å². The van der Waals surface area contributed by atoms with Gasteiger partial charge in [0.25, 0.3) is 0 Å². The summed E-state index contributed by atoms with van der Waals surface area (Å²) in [6.45, 7) is 10.4. The maximum atomic E-state index is 3.62. The zero-order valence-corrected chi connectivity index (χ0v) is 11.2. The van der Waals surface area contributed by atoms with Crippen molar-refractivity contribution in [3.63, 3.8) is 0 Å². The molecule has 1 fully saturated rings. The van der Waals surface area contributed by atoms with Crippen molar-refractivity contribution in [2.45, 2.75) is 32.9 Å². The smallest absolute Gasteiger partial charge is 0.0449 e. The number of hydrogen-bond acceptors (Lipinski definition) is 2. The van der Waals surface area contributed by atoms with Gasteiger partial charge in [0.1, 0.15) is 0 Å². The normalized spacial score (nSPS) is 23.9. The molecule has 1 aromatic rings. The van der Waals surface area contributed by atoms with Gasteiger partial charge in [0, 0.05) is 31.7 Å². The van der Waals surface area contributed by atoms with Crippen LogP contribution < -0.4 is 5.32 Å². The van der Waals surface area contributed by atoms with Gasteiger partial charge in [0.05, 0.1) is 0 Å². The molecule has 1 aromatic carbocycles. The maximum Gasteiger partial charge on any atom is 0.0449 e. The minimum absolute atomic E-state index is 0.492. The topological polar surface area (TPSA) is 15.3 Å². The molecule has 1 heterocycles. The zero-order chi connectivity index (χ0) is 12.3. The summed E-state index contributed by atoms with van der Waals surface area (Å²) < 4.78 is 0. The fourth-order valence-electron chi connectivity index (χ4n) is 2.47. The van der Waals surface area contributed by atoms with Crippen LogP contribution in [0.1, 0.15) is 32.4 Å². The molecule has 94 valence electrons. The standard InChI is InChI=1S/C15H24N2/c1-12(2)13(3)17-10-9-16-15(11-17)14-7-5-4-6-8-14/h4-8,12-13,15-16H,9-11H2,1-3H3. The summed E-state index contributed by atoms with van der Waals surface area (Å²) >= 11 is 0. The first-order valence-corrected chi connectivity index (χ1v) is 6.71. The van der Waals surface area contributed by atoms with Crippen molar-refractivity contribution >= 4 is 0 Å². The lowest BCUT2D eigenvalue weighted by Crippen LogP contribution is -2.50. The molecule has 0 aliphatic carbocycles. The lowest BCUT2D eigenvalue weighted by atomic mass is 9.99. The molecule has 0 spiro atoms. The van der Waals surface area contributed by atoms with Crippen molar-refractivity contribution in [2.75, 3.05) is 19.6 Å². The quantitative estimate of drug-likeness (QED) is 0.862. The van der Waals surface area contributed by atoms with E-state index in [-0.39, 0.29) is 0 Å². The molecule has 0 saturated carbocycles. The predicted molar refractivity (Wildman–Crippen MR) is 73.1 cm³/mol. The van der Waals surface area contributed by atoms with Crippen LogP contribution in [0.2, 0.25) is 0 Å². The second kappa shape index (κ2) is 5.65. The fraction of sp³-hybridized carbons (Fsp3) is 0.600. The van der Waals surface area contributed by atoms with E-state index in [1.165, 1.54) is 12.1 Å². The highest BCUT2D eigenvalue weighted by Crippen LogP contribution is 2.20. The van der Waals surface area contributed by atoms with Gasteiger partial charge in [-0.3, -0.25) is 4.90 Å². The summed E-state index contributed by atoms with van der Waals surface area (Å²) in [5, 5.41) is 3.62. The van der Waals surface area contributed by atoms with E-state index in [0.717, 1.165) is 19.0 Å². The Bertz CT molecular complexity index is 334. The molecule has 17 heavy (non-hydrogen) atoms. The molecule has 1 N–H and O–H groups in total. The Labute approximate surface area is 105 Å². The average molecular weight is 232 g/mol. The molecule has 0 aromatic heterocycles. The lowest BCUT2D eigenvalue weighted by Gasteiger charge is -2.39. The van der Waals surface area contributed by atoms with Crippen LogP contribution in [-0.2, 0) is 0 Å². The third-order valence-corrected chi connectivity index (χ3v) is 3.95. The van der Waals surface area contributed by atoms with E-state index in [4.69, 9.17) is 0 Å². The number of piperazine rings is 1. The monoisotopic (exact) mass is 232 g/mol. The third-order valence-electron chi connectivity index (χ3n) is 3.95. The molecule has 2 rings (SSSR count). The Hall–Kier alpha value is -0.860. The fourth-order valence-corrected chi connectivity index (χ4v) is 2.47. The minimum atomic E-state index is 0.492. The van der Waals surface area contributed by atoms with Gasteiger partial charge in [0.2, 0.25) is 0 Å². The van der Waals surface area contributed by atoms with Gasteiger partial charge >= 0.3 is 0 Å². The Kier molecular flexibility index (Phi) is 4.19. The van der Waals surface area contributed by atoms with E-state index >= 15 is 0 Å². The Morgan fingerprint density at radius 2 is 1.88 bits per heavy atom. The molecule has 1 saturated heterocycles. The van der Waals surface area contributed by atoms with E-state index in [1.54, 1.807) is 0 Å². The number of hydrogen-bond donors (Lipinski definition) is 1. The summed E-state index contributed by atoms with van der Waals surface area (Å²) in [6.07, 6.45) is 0. The summed E-state index contributed by atoms with van der Waals surface area (Å²) in [7, 11) is 0. The van der Waals surface area contributed by atoms with Gasteiger partial charge in [-0.05, 0) is 18.4 Å². The number of nitrogens with one attached hydrogen (secondary N) is 1. The van der Waals surface area contributed by atoms with Gasteiger partial charge < -0.3 is 5.32 Å². The van der Waals surface area contributed by atoms with E-state index in [9.17, 15) is 0 Å². The molecule has 1 aliphatic heterocycles. The molecular weight excluding hydrogens is 208 g/mol. The van der Waals surface area contributed by atoms with E-state index in [0.29, 0.717) is 12.1 Å². The molecule has 0 radical (unpaired) electrons. The van der Waals surface area contributed by atoms with Gasteiger partial charge in [-0.15, -0.1) is 0 Å². The molecule has 2 unspecified atom stereocenters. The SMILES string of the molecule is CC(C)C(C)N1CCNC(c2ccccc2)C1. The third kappa shape index (κ3) is 3.08. The second-order valence-corrected chi connectivity index (χ2v) is 5.40. The van der Waals surface area contributed by atoms with Crippen LogP contribution in [-0.4, -0.2) is 30.6 Å². The molecular formula is C15H24N2. The van der Waals surface area contributed by atoms with E-state index in [1.807, 2.05) is 0 Å². The lowest BCUT2D eigenvalue weighted by molar-refractivity contribution is 0.124. The van der Waals surface area contributed by atoms with Crippen molar-refractivity contribution in [2.24, 2.45) is 5.92 Å². The number of nitrogens with zero attached hydrogens (tertiary/aromatic N) is 1. The van der Waals surface area contributed by atoms with Gasteiger partial charge in [-0.1, -0.05) is 44.2 Å². The first-order chi connectivity index (χ1) is 8.18. The Balaban J connectivity index is 2.02. The van der Waals surface area contributed by atoms with Crippen LogP contribution in [0, 0.1) is 5.92 Å². The molecule has 2 nitrogen and oxygen atoms in total.